The second-order valence-electron chi connectivity index (χ2n) is 7.98. The Morgan fingerprint density at radius 3 is 2.63 bits per heavy atom. The normalized spacial score (nSPS) is 29.6. The monoisotopic (exact) mass is 368 g/mol. The number of piperidine rings is 3. The highest BCUT2D eigenvalue weighted by Crippen LogP contribution is 2.32. The van der Waals surface area contributed by atoms with Gasteiger partial charge in [-0.15, -0.1) is 0 Å². The molecule has 2 atom stereocenters. The Hall–Kier alpha value is -2.41. The third-order valence-corrected chi connectivity index (χ3v) is 6.46. The second kappa shape index (κ2) is 6.34. The van der Waals surface area contributed by atoms with Crippen molar-refractivity contribution in [3.63, 3.8) is 0 Å². The molecular formula is C20H24N4O3. The molecule has 4 fully saturated rings. The summed E-state index contributed by atoms with van der Waals surface area (Å²) in [6, 6.07) is 3.87. The number of carbonyl (C=O) groups is 2. The first-order chi connectivity index (χ1) is 13.1. The fourth-order valence-electron chi connectivity index (χ4n) is 4.61. The van der Waals surface area contributed by atoms with E-state index in [4.69, 9.17) is 4.42 Å². The molecule has 0 spiro atoms. The van der Waals surface area contributed by atoms with Crippen molar-refractivity contribution in [2.75, 3.05) is 26.2 Å². The SMILES string of the molecule is C[C@H]1[C@H](NC(=O)c2cc3oc(C(=O)N4CCC4)cc3cn2)C2CCN1CC2. The van der Waals surface area contributed by atoms with Crippen molar-refractivity contribution in [2.45, 2.75) is 38.3 Å². The molecule has 7 nitrogen and oxygen atoms in total. The molecular weight excluding hydrogens is 344 g/mol. The zero-order valence-electron chi connectivity index (χ0n) is 15.5. The van der Waals surface area contributed by atoms with E-state index in [2.05, 4.69) is 22.1 Å². The van der Waals surface area contributed by atoms with Crippen LogP contribution in [-0.4, -0.2) is 64.9 Å². The minimum Gasteiger partial charge on any atom is -0.451 e. The third kappa shape index (κ3) is 2.81. The first kappa shape index (κ1) is 16.7. The van der Waals surface area contributed by atoms with Gasteiger partial charge < -0.3 is 14.6 Å². The van der Waals surface area contributed by atoms with Crippen LogP contribution < -0.4 is 5.32 Å². The van der Waals surface area contributed by atoms with Crippen LogP contribution in [0.2, 0.25) is 0 Å². The second-order valence-corrected chi connectivity index (χ2v) is 7.98. The van der Waals surface area contributed by atoms with Gasteiger partial charge in [-0.25, -0.2) is 0 Å². The first-order valence-corrected chi connectivity index (χ1v) is 9.84. The Bertz CT molecular complexity index is 894. The molecule has 2 bridgehead atoms. The molecule has 2 aromatic heterocycles. The molecule has 27 heavy (non-hydrogen) atoms. The zero-order valence-corrected chi connectivity index (χ0v) is 15.5. The van der Waals surface area contributed by atoms with Crippen molar-refractivity contribution in [3.05, 3.63) is 29.8 Å². The molecule has 4 aliphatic heterocycles. The number of carbonyl (C=O) groups excluding carboxylic acids is 2. The van der Waals surface area contributed by atoms with Crippen molar-refractivity contribution >= 4 is 22.8 Å². The molecule has 6 rings (SSSR count). The lowest BCUT2D eigenvalue weighted by molar-refractivity contribution is 0.0216. The van der Waals surface area contributed by atoms with Crippen molar-refractivity contribution in [1.82, 2.24) is 20.1 Å². The van der Waals surface area contributed by atoms with Gasteiger partial charge in [-0.05, 0) is 51.3 Å². The van der Waals surface area contributed by atoms with E-state index < -0.39 is 0 Å². The van der Waals surface area contributed by atoms with E-state index in [1.165, 1.54) is 0 Å². The Balaban J connectivity index is 1.35. The van der Waals surface area contributed by atoms with Gasteiger partial charge in [0.1, 0.15) is 11.3 Å². The third-order valence-electron chi connectivity index (χ3n) is 6.46. The van der Waals surface area contributed by atoms with Gasteiger partial charge in [0, 0.05) is 42.8 Å². The van der Waals surface area contributed by atoms with Crippen LogP contribution in [0.4, 0.5) is 0 Å². The summed E-state index contributed by atoms with van der Waals surface area (Å²) < 4.78 is 5.72. The van der Waals surface area contributed by atoms with Crippen LogP contribution in [0.1, 0.15) is 47.2 Å². The average molecular weight is 368 g/mol. The standard InChI is InChI=1S/C20H24N4O3/c1-12-18(13-3-7-23(12)8-4-13)22-19(25)15-10-16-14(11-21-15)9-17(27-16)20(26)24-5-2-6-24/h9-13,18H,2-8H2,1H3,(H,22,25)/t12-,18-/m0/s1. The fraction of sp³-hybridized carbons (Fsp3) is 0.550. The minimum atomic E-state index is -0.172. The highest BCUT2D eigenvalue weighted by molar-refractivity contribution is 5.99. The molecule has 0 unspecified atom stereocenters. The average Bonchev–Trinajstić information content (AvgIpc) is 3.07. The molecule has 0 saturated carbocycles. The number of hydrogen-bond donors (Lipinski definition) is 1. The number of aromatic nitrogens is 1. The van der Waals surface area contributed by atoms with Gasteiger partial charge in [0.2, 0.25) is 0 Å². The van der Waals surface area contributed by atoms with E-state index in [1.54, 1.807) is 23.2 Å². The van der Waals surface area contributed by atoms with Gasteiger partial charge in [0.15, 0.2) is 5.76 Å². The number of hydrogen-bond acceptors (Lipinski definition) is 5. The van der Waals surface area contributed by atoms with E-state index in [1.807, 2.05) is 0 Å². The number of amides is 2. The van der Waals surface area contributed by atoms with Crippen molar-refractivity contribution in [3.8, 4) is 0 Å². The summed E-state index contributed by atoms with van der Waals surface area (Å²) in [5.74, 6) is 0.594. The van der Waals surface area contributed by atoms with Crippen molar-refractivity contribution < 1.29 is 14.0 Å². The molecule has 4 aliphatic rings. The molecule has 1 N–H and O–H groups in total. The molecule has 0 aliphatic carbocycles. The molecule has 2 aromatic rings. The van der Waals surface area contributed by atoms with E-state index >= 15 is 0 Å². The Labute approximate surface area is 157 Å². The van der Waals surface area contributed by atoms with Crippen molar-refractivity contribution in [1.29, 1.82) is 0 Å². The molecule has 4 saturated heterocycles. The molecule has 0 radical (unpaired) electrons. The quantitative estimate of drug-likeness (QED) is 0.895. The van der Waals surface area contributed by atoms with E-state index in [0.717, 1.165) is 50.8 Å². The summed E-state index contributed by atoms with van der Waals surface area (Å²) >= 11 is 0. The van der Waals surface area contributed by atoms with Crippen molar-refractivity contribution in [2.24, 2.45) is 5.92 Å². The predicted molar refractivity (Wildman–Crippen MR) is 99.5 cm³/mol. The minimum absolute atomic E-state index is 0.0930. The smallest absolute Gasteiger partial charge is 0.289 e. The van der Waals surface area contributed by atoms with Crippen LogP contribution in [0.5, 0.6) is 0 Å². The van der Waals surface area contributed by atoms with Crippen LogP contribution in [-0.2, 0) is 0 Å². The van der Waals surface area contributed by atoms with Gasteiger partial charge in [-0.2, -0.15) is 0 Å². The first-order valence-electron chi connectivity index (χ1n) is 9.84. The number of nitrogens with one attached hydrogen (secondary N) is 1. The maximum Gasteiger partial charge on any atom is 0.289 e. The van der Waals surface area contributed by atoms with Gasteiger partial charge in [-0.1, -0.05) is 0 Å². The summed E-state index contributed by atoms with van der Waals surface area (Å²) in [5.41, 5.74) is 0.865. The number of pyridine rings is 1. The predicted octanol–water partition coefficient (Wildman–Crippen LogP) is 1.89. The maximum absolute atomic E-state index is 12.8. The van der Waals surface area contributed by atoms with Crippen LogP contribution in [0.3, 0.4) is 0 Å². The summed E-state index contributed by atoms with van der Waals surface area (Å²) in [6.07, 6.45) is 4.93. The summed E-state index contributed by atoms with van der Waals surface area (Å²) in [4.78, 5) is 33.6. The molecule has 7 heteroatoms. The molecule has 2 amide bonds. The summed E-state index contributed by atoms with van der Waals surface area (Å²) in [6.45, 7) is 6.00. The molecule has 0 aromatic carbocycles. The summed E-state index contributed by atoms with van der Waals surface area (Å²) in [5, 5.41) is 3.93. The van der Waals surface area contributed by atoms with Gasteiger partial charge in [0.05, 0.1) is 0 Å². The molecule has 142 valence electrons. The number of rotatable bonds is 3. The maximum atomic E-state index is 12.8. The van der Waals surface area contributed by atoms with E-state index in [-0.39, 0.29) is 17.9 Å². The van der Waals surface area contributed by atoms with E-state index in [0.29, 0.717) is 29.0 Å². The van der Waals surface area contributed by atoms with Crippen LogP contribution in [0.25, 0.3) is 11.0 Å². The largest absolute Gasteiger partial charge is 0.451 e. The Morgan fingerprint density at radius 2 is 1.96 bits per heavy atom. The van der Waals surface area contributed by atoms with Gasteiger partial charge >= 0.3 is 0 Å². The van der Waals surface area contributed by atoms with Crippen LogP contribution in [0, 0.1) is 5.92 Å². The van der Waals surface area contributed by atoms with E-state index in [9.17, 15) is 9.59 Å². The van der Waals surface area contributed by atoms with Crippen LogP contribution >= 0.6 is 0 Å². The Kier molecular flexibility index (Phi) is 3.93. The highest BCUT2D eigenvalue weighted by Gasteiger charge is 2.40. The lowest BCUT2D eigenvalue weighted by Crippen LogP contribution is -2.62. The lowest BCUT2D eigenvalue weighted by atomic mass is 9.79. The van der Waals surface area contributed by atoms with Crippen LogP contribution in [0.15, 0.2) is 22.7 Å². The lowest BCUT2D eigenvalue weighted by Gasteiger charge is -2.49. The van der Waals surface area contributed by atoms with Gasteiger partial charge in [-0.3, -0.25) is 19.5 Å². The van der Waals surface area contributed by atoms with Gasteiger partial charge in [0.25, 0.3) is 11.8 Å². The summed E-state index contributed by atoms with van der Waals surface area (Å²) in [7, 11) is 0. The number of nitrogens with zero attached hydrogens (tertiary/aromatic N) is 3. The molecule has 6 heterocycles. The number of fused-ring (bicyclic) bond motifs is 4. The number of furan rings is 1. The Morgan fingerprint density at radius 1 is 1.19 bits per heavy atom. The fourth-order valence-corrected chi connectivity index (χ4v) is 4.61. The highest BCUT2D eigenvalue weighted by atomic mass is 16.3. The zero-order chi connectivity index (χ0) is 18.5. The topological polar surface area (TPSA) is 78.7 Å². The number of likely N-dealkylation sites (tertiary alicyclic amines) is 1.